The first-order chi connectivity index (χ1) is 15.6. The zero-order valence-corrected chi connectivity index (χ0v) is 22.6. The lowest BCUT2D eigenvalue weighted by molar-refractivity contribution is -0.0350. The highest BCUT2D eigenvalue weighted by molar-refractivity contribution is 7.48. The van der Waals surface area contributed by atoms with Crippen LogP contribution in [0.15, 0.2) is 18.3 Å². The van der Waals surface area contributed by atoms with Gasteiger partial charge >= 0.3 is 19.3 Å². The Morgan fingerprint density at radius 3 is 2.21 bits per heavy atom. The normalized spacial score (nSPS) is 12.4. The molecule has 194 valence electrons. The Kier molecular flexibility index (Phi) is 11.4. The third kappa shape index (κ3) is 11.1. The van der Waals surface area contributed by atoms with Crippen molar-refractivity contribution in [3.63, 3.8) is 0 Å². The minimum atomic E-state index is -4.06. The Bertz CT molecular complexity index is 852. The summed E-state index contributed by atoms with van der Waals surface area (Å²) in [5, 5.41) is -0.729. The molecule has 0 aromatic carbocycles. The number of phosphoric ester groups is 1. The maximum atomic E-state index is 13.1. The van der Waals surface area contributed by atoms with Gasteiger partial charge in [-0.25, -0.2) is 18.9 Å². The number of hydrogen-bond acceptors (Lipinski definition) is 9. The van der Waals surface area contributed by atoms with Gasteiger partial charge in [0.25, 0.3) is 0 Å². The third-order valence-electron chi connectivity index (χ3n) is 3.80. The maximum absolute atomic E-state index is 13.1. The van der Waals surface area contributed by atoms with Crippen LogP contribution in [-0.4, -0.2) is 66.6 Å². The molecule has 34 heavy (non-hydrogen) atoms. The van der Waals surface area contributed by atoms with Crippen molar-refractivity contribution in [3.05, 3.63) is 23.9 Å². The van der Waals surface area contributed by atoms with Gasteiger partial charge in [-0.05, 0) is 59.2 Å². The average Bonchev–Trinajstić information content (AvgIpc) is 2.67. The molecule has 11 nitrogen and oxygen atoms in total. The molecule has 0 fully saturated rings. The highest BCUT2D eigenvalue weighted by atomic mass is 35.5. The molecule has 0 N–H and O–H groups in total. The fourth-order valence-electron chi connectivity index (χ4n) is 2.56. The van der Waals surface area contributed by atoms with Crippen molar-refractivity contribution in [2.24, 2.45) is 0 Å². The van der Waals surface area contributed by atoms with E-state index in [4.69, 9.17) is 34.6 Å². The first kappa shape index (κ1) is 30.3. The molecule has 0 spiro atoms. The summed E-state index contributed by atoms with van der Waals surface area (Å²) < 4.78 is 39.6. The molecule has 0 aliphatic rings. The molecule has 0 saturated carbocycles. The number of rotatable bonds is 11. The Morgan fingerprint density at radius 1 is 1.12 bits per heavy atom. The number of nitrogens with zero attached hydrogens (tertiary/aromatic N) is 3. The number of aromatic nitrogens is 1. The minimum Gasteiger partial charge on any atom is -0.422 e. The zero-order chi connectivity index (χ0) is 26.2. The number of pyridine rings is 1. The van der Waals surface area contributed by atoms with Gasteiger partial charge in [0.2, 0.25) is 6.79 Å². The highest BCUT2D eigenvalue weighted by Crippen LogP contribution is 2.55. The number of methoxy groups -OCH3 is 1. The summed E-state index contributed by atoms with van der Waals surface area (Å²) in [6.07, 6.45) is 0.729. The number of hydrogen-bond donors (Lipinski definition) is 0. The van der Waals surface area contributed by atoms with E-state index in [-0.39, 0.29) is 25.5 Å². The largest absolute Gasteiger partial charge is 0.478 e. The lowest BCUT2D eigenvalue weighted by Crippen LogP contribution is -2.35. The molecule has 0 atom stereocenters. The predicted molar refractivity (Wildman–Crippen MR) is 128 cm³/mol. The SMILES string of the molecule is COCCN(Cc1cccnc1N(C)C(=O)Cl)C(=O)OCOP(=O)(OC(C)(C)C)OC(C)(C)C. The number of anilines is 1. The van der Waals surface area contributed by atoms with Crippen molar-refractivity contribution in [1.29, 1.82) is 0 Å². The molecular weight excluding hydrogens is 489 g/mol. The average molecular weight is 524 g/mol. The molecule has 13 heteroatoms. The van der Waals surface area contributed by atoms with Crippen LogP contribution in [0.25, 0.3) is 0 Å². The van der Waals surface area contributed by atoms with E-state index in [1.807, 2.05) is 0 Å². The lowest BCUT2D eigenvalue weighted by atomic mass is 10.2. The second kappa shape index (κ2) is 12.8. The second-order valence-corrected chi connectivity index (χ2v) is 11.1. The van der Waals surface area contributed by atoms with Gasteiger partial charge in [-0.3, -0.25) is 18.7 Å². The minimum absolute atomic E-state index is 0.0362. The van der Waals surface area contributed by atoms with Gasteiger partial charge in [-0.1, -0.05) is 6.07 Å². The third-order valence-corrected chi connectivity index (χ3v) is 6.02. The number of amides is 2. The van der Waals surface area contributed by atoms with Gasteiger partial charge in [0.1, 0.15) is 5.82 Å². The molecule has 0 unspecified atom stereocenters. The number of halogens is 1. The van der Waals surface area contributed by atoms with Gasteiger partial charge in [0.15, 0.2) is 0 Å². The zero-order valence-electron chi connectivity index (χ0n) is 21.0. The number of phosphoric acid groups is 1. The molecule has 1 heterocycles. The number of carbonyl (C=O) groups is 2. The molecule has 0 radical (unpaired) electrons. The summed E-state index contributed by atoms with van der Waals surface area (Å²) in [6.45, 7) is 9.92. The summed E-state index contributed by atoms with van der Waals surface area (Å²) in [6, 6.07) is 3.36. The van der Waals surface area contributed by atoms with E-state index < -0.39 is 37.3 Å². The van der Waals surface area contributed by atoms with Gasteiger partial charge in [-0.2, -0.15) is 0 Å². The fraction of sp³-hybridized carbons (Fsp3) is 0.667. The summed E-state index contributed by atoms with van der Waals surface area (Å²) >= 11 is 5.58. The van der Waals surface area contributed by atoms with Gasteiger partial charge in [0, 0.05) is 32.5 Å². The summed E-state index contributed by atoms with van der Waals surface area (Å²) in [5.74, 6) is 0.288. The van der Waals surface area contributed by atoms with E-state index >= 15 is 0 Å². The first-order valence-corrected chi connectivity index (χ1v) is 12.3. The quantitative estimate of drug-likeness (QED) is 0.167. The summed E-state index contributed by atoms with van der Waals surface area (Å²) in [7, 11) is -1.10. The Labute approximate surface area is 206 Å². The molecular formula is C21H35ClN3O8P. The smallest absolute Gasteiger partial charge is 0.422 e. The van der Waals surface area contributed by atoms with E-state index in [1.165, 1.54) is 25.3 Å². The van der Waals surface area contributed by atoms with Gasteiger partial charge in [0.05, 0.1) is 24.4 Å². The van der Waals surface area contributed by atoms with Crippen molar-refractivity contribution in [2.45, 2.75) is 59.3 Å². The summed E-state index contributed by atoms with van der Waals surface area (Å²) in [4.78, 5) is 31.0. The van der Waals surface area contributed by atoms with Crippen LogP contribution in [0.3, 0.4) is 0 Å². The van der Waals surface area contributed by atoms with Crippen molar-refractivity contribution in [3.8, 4) is 0 Å². The topological polar surface area (TPSA) is 117 Å². The Balaban J connectivity index is 2.96. The van der Waals surface area contributed by atoms with E-state index in [0.29, 0.717) is 5.56 Å². The standard InChI is InChI=1S/C21H35ClN3O8P/c1-20(2,3)32-34(28,33-21(4,5)6)31-15-30-19(27)25(12-13-29-8)14-16-10-9-11-23-17(16)24(7)18(22)26/h9-11H,12-15H2,1-8H3. The molecule has 0 saturated heterocycles. The molecule has 1 aromatic heterocycles. The van der Waals surface area contributed by atoms with Crippen molar-refractivity contribution in [1.82, 2.24) is 9.88 Å². The number of carbonyl (C=O) groups excluding carboxylic acids is 2. The van der Waals surface area contributed by atoms with Crippen molar-refractivity contribution >= 4 is 36.7 Å². The molecule has 0 aliphatic heterocycles. The second-order valence-electron chi connectivity index (χ2n) is 9.22. The molecule has 2 amide bonds. The Morgan fingerprint density at radius 2 is 1.71 bits per heavy atom. The van der Waals surface area contributed by atoms with Crippen LogP contribution in [-0.2, 0) is 34.2 Å². The number of ether oxygens (including phenoxy) is 2. The predicted octanol–water partition coefficient (Wildman–Crippen LogP) is 5.17. The summed E-state index contributed by atoms with van der Waals surface area (Å²) in [5.41, 5.74) is -1.12. The molecule has 1 aromatic rings. The van der Waals surface area contributed by atoms with Gasteiger partial charge in [-0.15, -0.1) is 0 Å². The van der Waals surface area contributed by atoms with Crippen LogP contribution in [0.4, 0.5) is 15.4 Å². The van der Waals surface area contributed by atoms with E-state index in [0.717, 1.165) is 4.90 Å². The van der Waals surface area contributed by atoms with Crippen LogP contribution in [0.1, 0.15) is 47.1 Å². The molecule has 1 rings (SSSR count). The van der Waals surface area contributed by atoms with Crippen LogP contribution >= 0.6 is 19.4 Å². The van der Waals surface area contributed by atoms with Crippen molar-refractivity contribution < 1.29 is 37.2 Å². The molecule has 0 bridgehead atoms. The molecule has 0 aliphatic carbocycles. The first-order valence-electron chi connectivity index (χ1n) is 10.5. The van der Waals surface area contributed by atoms with E-state index in [2.05, 4.69) is 4.98 Å². The van der Waals surface area contributed by atoms with Gasteiger partial charge < -0.3 is 14.4 Å². The lowest BCUT2D eigenvalue weighted by Gasteiger charge is -2.31. The van der Waals surface area contributed by atoms with E-state index in [1.54, 1.807) is 53.7 Å². The fourth-order valence-corrected chi connectivity index (χ4v) is 4.30. The van der Waals surface area contributed by atoms with Crippen LogP contribution in [0.2, 0.25) is 0 Å². The highest BCUT2D eigenvalue weighted by Gasteiger charge is 2.37. The van der Waals surface area contributed by atoms with Crippen LogP contribution in [0.5, 0.6) is 0 Å². The Hall–Kier alpha value is -1.75. The van der Waals surface area contributed by atoms with Crippen LogP contribution < -0.4 is 4.90 Å². The van der Waals surface area contributed by atoms with Crippen molar-refractivity contribution in [2.75, 3.05) is 39.0 Å². The monoisotopic (exact) mass is 523 g/mol. The van der Waals surface area contributed by atoms with Crippen LogP contribution in [0, 0.1) is 0 Å². The maximum Gasteiger partial charge on any atom is 0.478 e. The van der Waals surface area contributed by atoms with E-state index in [9.17, 15) is 14.2 Å².